The van der Waals surface area contributed by atoms with E-state index in [1.54, 1.807) is 0 Å². The van der Waals surface area contributed by atoms with Gasteiger partial charge in [0.1, 0.15) is 12.0 Å². The van der Waals surface area contributed by atoms with Gasteiger partial charge in [0.15, 0.2) is 0 Å². The molecule has 5 heteroatoms. The molecule has 0 fully saturated rings. The van der Waals surface area contributed by atoms with Crippen LogP contribution in [0.2, 0.25) is 0 Å². The normalized spacial score (nSPS) is 11.5. The minimum atomic E-state index is -1.13. The Balaban J connectivity index is 2.01. The number of H-pyrrole nitrogens is 1. The molecule has 0 saturated heterocycles. The van der Waals surface area contributed by atoms with Crippen molar-refractivity contribution in [2.75, 3.05) is 6.54 Å². The van der Waals surface area contributed by atoms with Crippen LogP contribution in [0.5, 0.6) is 0 Å². The molecule has 19 heavy (non-hydrogen) atoms. The second kappa shape index (κ2) is 5.86. The summed E-state index contributed by atoms with van der Waals surface area (Å²) in [4.78, 5) is 24.3. The van der Waals surface area contributed by atoms with E-state index in [0.717, 1.165) is 22.5 Å². The summed E-state index contributed by atoms with van der Waals surface area (Å²) in [6.45, 7) is 0.452. The zero-order valence-electron chi connectivity index (χ0n) is 10.2. The number of carbonyl (C=O) groups is 2. The van der Waals surface area contributed by atoms with Crippen molar-refractivity contribution in [2.45, 2.75) is 6.42 Å². The molecular weight excluding hydrogens is 244 g/mol. The Morgan fingerprint density at radius 2 is 2.16 bits per heavy atom. The van der Waals surface area contributed by atoms with Crippen LogP contribution in [-0.4, -0.2) is 28.9 Å². The van der Waals surface area contributed by atoms with E-state index in [9.17, 15) is 9.59 Å². The molecule has 1 aromatic heterocycles. The average Bonchev–Trinajstić information content (AvgIpc) is 2.81. The lowest BCUT2D eigenvalue weighted by molar-refractivity contribution is -0.133. The smallest absolute Gasteiger partial charge is 0.352 e. The number of carboxylic acid groups (broad SMARTS) is 1. The number of hydrogen-bond donors (Lipinski definition) is 3. The molecule has 2 aromatic rings. The van der Waals surface area contributed by atoms with Gasteiger partial charge in [-0.25, -0.2) is 4.79 Å². The van der Waals surface area contributed by atoms with Crippen molar-refractivity contribution in [3.63, 3.8) is 0 Å². The number of aliphatic carboxylic acids is 1. The second-order valence-electron chi connectivity index (χ2n) is 4.06. The number of allylic oxidation sites excluding steroid dienone is 1. The first-order chi connectivity index (χ1) is 9.22. The van der Waals surface area contributed by atoms with Crippen molar-refractivity contribution in [2.24, 2.45) is 0 Å². The van der Waals surface area contributed by atoms with Crippen LogP contribution >= 0.6 is 0 Å². The fourth-order valence-corrected chi connectivity index (χ4v) is 1.94. The lowest BCUT2D eigenvalue weighted by Crippen LogP contribution is -2.22. The minimum absolute atomic E-state index is 0.0881. The SMILES string of the molecule is O=C/C=C(\NCCc1c[nH]c2ccccc12)C(=O)O. The molecule has 0 saturated carbocycles. The van der Waals surface area contributed by atoms with Crippen LogP contribution in [0.4, 0.5) is 0 Å². The van der Waals surface area contributed by atoms with Crippen LogP contribution in [0.25, 0.3) is 10.9 Å². The van der Waals surface area contributed by atoms with Gasteiger partial charge in [0, 0.05) is 29.7 Å². The molecule has 0 aliphatic rings. The van der Waals surface area contributed by atoms with Crippen molar-refractivity contribution >= 4 is 23.2 Å². The van der Waals surface area contributed by atoms with Gasteiger partial charge >= 0.3 is 5.97 Å². The standard InChI is InChI=1S/C14H14N2O3/c17-8-6-13(14(18)19)15-7-5-10-9-16-12-4-2-1-3-11(10)12/h1-4,6,8-9,15-16H,5,7H2,(H,18,19)/b13-6-. The summed E-state index contributed by atoms with van der Waals surface area (Å²) in [5.74, 6) is -1.13. The van der Waals surface area contributed by atoms with Crippen LogP contribution in [0, 0.1) is 0 Å². The van der Waals surface area contributed by atoms with Crippen molar-refractivity contribution in [1.29, 1.82) is 0 Å². The van der Waals surface area contributed by atoms with E-state index < -0.39 is 5.97 Å². The Kier molecular flexibility index (Phi) is 3.97. The van der Waals surface area contributed by atoms with Crippen LogP contribution in [0.1, 0.15) is 5.56 Å². The summed E-state index contributed by atoms with van der Waals surface area (Å²) in [6, 6.07) is 7.92. The summed E-state index contributed by atoms with van der Waals surface area (Å²) < 4.78 is 0. The average molecular weight is 258 g/mol. The maximum Gasteiger partial charge on any atom is 0.352 e. The van der Waals surface area contributed by atoms with Crippen LogP contribution in [0.15, 0.2) is 42.2 Å². The molecular formula is C14H14N2O3. The number of carboxylic acids is 1. The van der Waals surface area contributed by atoms with E-state index in [1.165, 1.54) is 0 Å². The van der Waals surface area contributed by atoms with Gasteiger partial charge in [-0.05, 0) is 18.1 Å². The minimum Gasteiger partial charge on any atom is -0.477 e. The Bertz CT molecular complexity index is 628. The van der Waals surface area contributed by atoms with E-state index in [0.29, 0.717) is 19.3 Å². The number of aldehydes is 1. The van der Waals surface area contributed by atoms with Gasteiger partial charge in [0.2, 0.25) is 0 Å². The third-order valence-corrected chi connectivity index (χ3v) is 2.85. The number of para-hydroxylation sites is 1. The Morgan fingerprint density at radius 3 is 2.89 bits per heavy atom. The molecule has 2 rings (SSSR count). The molecule has 1 heterocycles. The Labute approximate surface area is 109 Å². The highest BCUT2D eigenvalue weighted by Gasteiger charge is 2.07. The lowest BCUT2D eigenvalue weighted by atomic mass is 10.1. The maximum absolute atomic E-state index is 10.8. The van der Waals surface area contributed by atoms with Crippen LogP contribution in [0.3, 0.4) is 0 Å². The van der Waals surface area contributed by atoms with Gasteiger partial charge in [-0.3, -0.25) is 4.79 Å². The molecule has 0 aliphatic heterocycles. The molecule has 0 atom stereocenters. The van der Waals surface area contributed by atoms with Gasteiger partial charge in [0.05, 0.1) is 0 Å². The van der Waals surface area contributed by atoms with E-state index in [1.807, 2.05) is 30.5 Å². The number of benzene rings is 1. The quantitative estimate of drug-likeness (QED) is 0.541. The van der Waals surface area contributed by atoms with Crippen LogP contribution < -0.4 is 5.32 Å². The van der Waals surface area contributed by atoms with Crippen molar-refractivity contribution in [1.82, 2.24) is 10.3 Å². The van der Waals surface area contributed by atoms with Gasteiger partial charge < -0.3 is 15.4 Å². The van der Waals surface area contributed by atoms with Crippen molar-refractivity contribution in [3.8, 4) is 0 Å². The van der Waals surface area contributed by atoms with E-state index >= 15 is 0 Å². The second-order valence-corrected chi connectivity index (χ2v) is 4.06. The third-order valence-electron chi connectivity index (χ3n) is 2.85. The number of aromatic amines is 1. The van der Waals surface area contributed by atoms with Crippen molar-refractivity contribution < 1.29 is 14.7 Å². The summed E-state index contributed by atoms with van der Waals surface area (Å²) in [6.07, 6.45) is 4.06. The number of aromatic nitrogens is 1. The number of carbonyl (C=O) groups excluding carboxylic acids is 1. The zero-order chi connectivity index (χ0) is 13.7. The number of hydrogen-bond acceptors (Lipinski definition) is 3. The topological polar surface area (TPSA) is 82.2 Å². The van der Waals surface area contributed by atoms with Crippen molar-refractivity contribution in [3.05, 3.63) is 47.8 Å². The van der Waals surface area contributed by atoms with Gasteiger partial charge in [-0.1, -0.05) is 18.2 Å². The summed E-state index contributed by atoms with van der Waals surface area (Å²) in [7, 11) is 0. The van der Waals surface area contributed by atoms with E-state index in [2.05, 4.69) is 10.3 Å². The molecule has 3 N–H and O–H groups in total. The summed E-state index contributed by atoms with van der Waals surface area (Å²) in [5.41, 5.74) is 2.08. The molecule has 0 amide bonds. The number of fused-ring (bicyclic) bond motifs is 1. The highest BCUT2D eigenvalue weighted by atomic mass is 16.4. The molecule has 5 nitrogen and oxygen atoms in total. The molecule has 1 aromatic carbocycles. The molecule has 0 aliphatic carbocycles. The Morgan fingerprint density at radius 1 is 1.37 bits per heavy atom. The molecule has 0 radical (unpaired) electrons. The van der Waals surface area contributed by atoms with Gasteiger partial charge in [0.25, 0.3) is 0 Å². The summed E-state index contributed by atoms with van der Waals surface area (Å²) >= 11 is 0. The third kappa shape index (κ3) is 3.01. The first kappa shape index (κ1) is 12.9. The first-order valence-electron chi connectivity index (χ1n) is 5.90. The Hall–Kier alpha value is -2.56. The molecule has 98 valence electrons. The van der Waals surface area contributed by atoms with E-state index in [-0.39, 0.29) is 5.70 Å². The molecule has 0 unspecified atom stereocenters. The number of nitrogens with one attached hydrogen (secondary N) is 2. The highest BCUT2D eigenvalue weighted by Crippen LogP contribution is 2.17. The zero-order valence-corrected chi connectivity index (χ0v) is 10.2. The molecule has 0 bridgehead atoms. The largest absolute Gasteiger partial charge is 0.477 e. The highest BCUT2D eigenvalue weighted by molar-refractivity contribution is 5.90. The lowest BCUT2D eigenvalue weighted by Gasteiger charge is -2.05. The molecule has 0 spiro atoms. The van der Waals surface area contributed by atoms with Gasteiger partial charge in [-0.2, -0.15) is 0 Å². The first-order valence-corrected chi connectivity index (χ1v) is 5.90. The predicted molar refractivity (Wildman–Crippen MR) is 71.8 cm³/mol. The van der Waals surface area contributed by atoms with E-state index in [4.69, 9.17) is 5.11 Å². The predicted octanol–water partition coefficient (Wildman–Crippen LogP) is 1.47. The summed E-state index contributed by atoms with van der Waals surface area (Å²) in [5, 5.41) is 12.7. The maximum atomic E-state index is 10.8. The van der Waals surface area contributed by atoms with Crippen LogP contribution in [-0.2, 0) is 16.0 Å². The fourth-order valence-electron chi connectivity index (χ4n) is 1.94. The van der Waals surface area contributed by atoms with Gasteiger partial charge in [-0.15, -0.1) is 0 Å². The monoisotopic (exact) mass is 258 g/mol. The number of rotatable bonds is 6. The fraction of sp³-hybridized carbons (Fsp3) is 0.143.